The van der Waals surface area contributed by atoms with Gasteiger partial charge in [-0.3, -0.25) is 10.1 Å². The number of anilines is 1. The van der Waals surface area contributed by atoms with Gasteiger partial charge >= 0.3 is 0 Å². The molecule has 25 heavy (non-hydrogen) atoms. The van der Waals surface area contributed by atoms with Gasteiger partial charge in [0, 0.05) is 10.6 Å². The van der Waals surface area contributed by atoms with Gasteiger partial charge in [-0.2, -0.15) is 0 Å². The topological polar surface area (TPSA) is 73.3 Å². The van der Waals surface area contributed by atoms with Crippen LogP contribution in [0.2, 0.25) is 5.02 Å². The smallest absolute Gasteiger partial charge is 0.270 e. The van der Waals surface area contributed by atoms with Crippen LogP contribution in [0.1, 0.15) is 0 Å². The van der Waals surface area contributed by atoms with Gasteiger partial charge in [-0.1, -0.05) is 47.2 Å². The van der Waals surface area contributed by atoms with Crippen molar-refractivity contribution >= 4 is 34.0 Å². The van der Waals surface area contributed by atoms with Crippen molar-refractivity contribution in [1.29, 1.82) is 0 Å². The molecule has 0 unspecified atom stereocenters. The Hall–Kier alpha value is -2.64. The first-order valence-electron chi connectivity index (χ1n) is 7.48. The summed E-state index contributed by atoms with van der Waals surface area (Å²) in [7, 11) is 0. The van der Waals surface area contributed by atoms with Crippen LogP contribution < -0.4 is 14.8 Å². The molecule has 1 atom stereocenters. The van der Waals surface area contributed by atoms with Gasteiger partial charge in [0.05, 0.1) is 0 Å². The number of amides is 1. The van der Waals surface area contributed by atoms with E-state index in [1.165, 1.54) is 11.3 Å². The number of carbonyl (C=O) groups is 1. The lowest BCUT2D eigenvalue weighted by atomic mass is 10.2. The molecule has 0 radical (unpaired) electrons. The van der Waals surface area contributed by atoms with Crippen LogP contribution in [-0.2, 0) is 4.79 Å². The Morgan fingerprint density at radius 1 is 1.12 bits per heavy atom. The van der Waals surface area contributed by atoms with E-state index in [2.05, 4.69) is 15.5 Å². The molecule has 3 aromatic rings. The van der Waals surface area contributed by atoms with E-state index in [9.17, 15) is 4.79 Å². The molecule has 0 bridgehead atoms. The summed E-state index contributed by atoms with van der Waals surface area (Å²) in [6.45, 7) is 0.145. The molecular formula is C17H12ClN3O3S. The monoisotopic (exact) mass is 373 g/mol. The fourth-order valence-electron chi connectivity index (χ4n) is 2.32. The van der Waals surface area contributed by atoms with E-state index in [4.69, 9.17) is 21.1 Å². The number of rotatable bonds is 3. The number of halogens is 1. The van der Waals surface area contributed by atoms with Crippen LogP contribution in [0.4, 0.5) is 5.13 Å². The van der Waals surface area contributed by atoms with Gasteiger partial charge in [0.2, 0.25) is 11.2 Å². The predicted molar refractivity (Wildman–Crippen MR) is 95.3 cm³/mol. The number of ether oxygens (including phenoxy) is 2. The van der Waals surface area contributed by atoms with Crippen molar-refractivity contribution in [3.05, 3.63) is 53.6 Å². The number of para-hydroxylation sites is 2. The van der Waals surface area contributed by atoms with Crippen LogP contribution in [0.3, 0.4) is 0 Å². The van der Waals surface area contributed by atoms with Gasteiger partial charge in [0.25, 0.3) is 5.91 Å². The van der Waals surface area contributed by atoms with Crippen molar-refractivity contribution in [3.8, 4) is 22.1 Å². The number of carbonyl (C=O) groups excluding carboxylic acids is 1. The fourth-order valence-corrected chi connectivity index (χ4v) is 3.20. The Morgan fingerprint density at radius 3 is 2.68 bits per heavy atom. The summed E-state index contributed by atoms with van der Waals surface area (Å²) < 4.78 is 11.2. The number of benzene rings is 2. The molecule has 0 aliphatic carbocycles. The number of aromatic nitrogens is 2. The molecule has 0 saturated carbocycles. The molecule has 1 N–H and O–H groups in total. The molecule has 0 spiro atoms. The summed E-state index contributed by atoms with van der Waals surface area (Å²) in [4.78, 5) is 12.4. The highest BCUT2D eigenvalue weighted by molar-refractivity contribution is 7.18. The van der Waals surface area contributed by atoms with Gasteiger partial charge in [0.15, 0.2) is 11.5 Å². The molecule has 0 fully saturated rings. The van der Waals surface area contributed by atoms with Crippen molar-refractivity contribution in [2.75, 3.05) is 11.9 Å². The molecule has 0 saturated heterocycles. The lowest BCUT2D eigenvalue weighted by Crippen LogP contribution is -2.40. The molecule has 1 aliphatic rings. The Labute approximate surface area is 152 Å². The zero-order chi connectivity index (χ0) is 17.2. The van der Waals surface area contributed by atoms with Gasteiger partial charge in [0.1, 0.15) is 11.6 Å². The minimum Gasteiger partial charge on any atom is -0.485 e. The zero-order valence-electron chi connectivity index (χ0n) is 12.8. The molecule has 2 heterocycles. The molecule has 1 aliphatic heterocycles. The van der Waals surface area contributed by atoms with Crippen LogP contribution in [0.25, 0.3) is 10.6 Å². The number of nitrogens with one attached hydrogen (secondary N) is 1. The average molecular weight is 374 g/mol. The minimum atomic E-state index is -0.738. The third-order valence-electron chi connectivity index (χ3n) is 3.55. The zero-order valence-corrected chi connectivity index (χ0v) is 14.4. The maximum Gasteiger partial charge on any atom is 0.270 e. The number of nitrogens with zero attached hydrogens (tertiary/aromatic N) is 2. The Morgan fingerprint density at radius 2 is 1.88 bits per heavy atom. The first-order chi connectivity index (χ1) is 12.2. The number of hydrogen-bond donors (Lipinski definition) is 1. The van der Waals surface area contributed by atoms with Crippen molar-refractivity contribution < 1.29 is 14.3 Å². The predicted octanol–water partition coefficient (Wildman–Crippen LogP) is 3.64. The third-order valence-corrected chi connectivity index (χ3v) is 4.69. The Bertz CT molecular complexity index is 914. The van der Waals surface area contributed by atoms with Crippen LogP contribution in [-0.4, -0.2) is 28.8 Å². The van der Waals surface area contributed by atoms with E-state index < -0.39 is 6.10 Å². The van der Waals surface area contributed by atoms with Crippen molar-refractivity contribution in [2.45, 2.75) is 6.10 Å². The third kappa shape index (κ3) is 3.42. The van der Waals surface area contributed by atoms with Crippen LogP contribution >= 0.6 is 22.9 Å². The van der Waals surface area contributed by atoms with Crippen LogP contribution in [0, 0.1) is 0 Å². The summed E-state index contributed by atoms with van der Waals surface area (Å²) in [5.74, 6) is 0.855. The summed E-state index contributed by atoms with van der Waals surface area (Å²) in [5.41, 5.74) is 0.883. The highest BCUT2D eigenvalue weighted by atomic mass is 35.5. The molecule has 1 amide bonds. The van der Waals surface area contributed by atoms with Crippen LogP contribution in [0.5, 0.6) is 11.5 Å². The maximum atomic E-state index is 12.4. The van der Waals surface area contributed by atoms with Crippen molar-refractivity contribution in [3.63, 3.8) is 0 Å². The average Bonchev–Trinajstić information content (AvgIpc) is 3.10. The summed E-state index contributed by atoms with van der Waals surface area (Å²) in [6, 6.07) is 14.5. The summed E-state index contributed by atoms with van der Waals surface area (Å²) >= 11 is 7.16. The molecule has 1 aromatic heterocycles. The lowest BCUT2D eigenvalue weighted by Gasteiger charge is -2.25. The molecule has 8 heteroatoms. The minimum absolute atomic E-state index is 0.145. The Kier molecular flexibility index (Phi) is 4.25. The number of hydrogen-bond acceptors (Lipinski definition) is 6. The quantitative estimate of drug-likeness (QED) is 0.758. The highest BCUT2D eigenvalue weighted by Crippen LogP contribution is 2.32. The first-order valence-corrected chi connectivity index (χ1v) is 8.67. The molecular weight excluding hydrogens is 362 g/mol. The normalized spacial score (nSPS) is 15.6. The fraction of sp³-hybridized carbons (Fsp3) is 0.118. The molecule has 2 aromatic carbocycles. The summed E-state index contributed by atoms with van der Waals surface area (Å²) in [5, 5.41) is 12.6. The second-order valence-electron chi connectivity index (χ2n) is 5.27. The van der Waals surface area contributed by atoms with Crippen molar-refractivity contribution in [1.82, 2.24) is 10.2 Å². The van der Waals surface area contributed by atoms with E-state index in [1.807, 2.05) is 24.3 Å². The van der Waals surface area contributed by atoms with Gasteiger partial charge < -0.3 is 9.47 Å². The SMILES string of the molecule is O=C(Nc1nnc(-c2ccc(Cl)cc2)s1)[C@@H]1COc2ccccc2O1. The van der Waals surface area contributed by atoms with E-state index in [-0.39, 0.29) is 12.5 Å². The second kappa shape index (κ2) is 6.70. The molecule has 126 valence electrons. The summed E-state index contributed by atoms with van der Waals surface area (Å²) in [6.07, 6.45) is -0.738. The first kappa shape index (κ1) is 15.9. The largest absolute Gasteiger partial charge is 0.485 e. The van der Waals surface area contributed by atoms with E-state index in [1.54, 1.807) is 24.3 Å². The van der Waals surface area contributed by atoms with Crippen LogP contribution in [0.15, 0.2) is 48.5 Å². The molecule has 4 rings (SSSR count). The maximum absolute atomic E-state index is 12.4. The van der Waals surface area contributed by atoms with Crippen molar-refractivity contribution in [2.24, 2.45) is 0 Å². The lowest BCUT2D eigenvalue weighted by molar-refractivity contribution is -0.125. The van der Waals surface area contributed by atoms with Gasteiger partial charge in [-0.05, 0) is 24.3 Å². The van der Waals surface area contributed by atoms with E-state index >= 15 is 0 Å². The molecule has 6 nitrogen and oxygen atoms in total. The Balaban J connectivity index is 1.44. The van der Waals surface area contributed by atoms with E-state index in [0.717, 1.165) is 5.56 Å². The number of fused-ring (bicyclic) bond motifs is 1. The standard InChI is InChI=1S/C17H12ClN3O3S/c18-11-7-5-10(6-8-11)16-20-21-17(25-16)19-15(22)14-9-23-12-3-1-2-4-13(12)24-14/h1-8,14H,9H2,(H,19,21,22)/t14-/m0/s1. The second-order valence-corrected chi connectivity index (χ2v) is 6.69. The highest BCUT2D eigenvalue weighted by Gasteiger charge is 2.28. The van der Waals surface area contributed by atoms with E-state index in [0.29, 0.717) is 26.7 Å². The van der Waals surface area contributed by atoms with Gasteiger partial charge in [-0.15, -0.1) is 10.2 Å². The van der Waals surface area contributed by atoms with Gasteiger partial charge in [-0.25, -0.2) is 0 Å².